The van der Waals surface area contributed by atoms with Crippen molar-refractivity contribution in [3.05, 3.63) is 5.21 Å². The molecule has 0 aromatic heterocycles. The van der Waals surface area contributed by atoms with Crippen LogP contribution in [0, 0.1) is 17.0 Å². The monoisotopic (exact) mass is 165 g/mol. The second-order valence-corrected chi connectivity index (χ2v) is 5.14. The predicted molar refractivity (Wildman–Crippen MR) is 47.1 cm³/mol. The summed E-state index contributed by atoms with van der Waals surface area (Å²) in [6, 6.07) is 0. The maximum absolute atomic E-state index is 11.8. The highest BCUT2D eigenvalue weighted by Crippen LogP contribution is 2.48. The molecule has 12 heavy (non-hydrogen) atoms. The van der Waals surface area contributed by atoms with Crippen LogP contribution in [-0.4, -0.2) is 16.0 Å². The normalized spacial score (nSPS) is 50.4. The van der Waals surface area contributed by atoms with Crippen LogP contribution in [0.2, 0.25) is 0 Å². The van der Waals surface area contributed by atoms with Gasteiger partial charge in [-0.3, -0.25) is 0 Å². The minimum absolute atomic E-state index is 0.000579. The van der Waals surface area contributed by atoms with Crippen molar-refractivity contribution in [3.8, 4) is 0 Å². The molecular weight excluding hydrogens is 150 g/mol. The lowest BCUT2D eigenvalue weighted by Gasteiger charge is -2.49. The third-order valence-electron chi connectivity index (χ3n) is 3.95. The zero-order chi connectivity index (χ0) is 8.34. The van der Waals surface area contributed by atoms with Crippen LogP contribution in [0.3, 0.4) is 0 Å². The van der Waals surface area contributed by atoms with Crippen molar-refractivity contribution in [1.82, 2.24) is 0 Å². The summed E-state index contributed by atoms with van der Waals surface area (Å²) in [4.78, 5) is 0. The first-order valence-electron chi connectivity index (χ1n) is 4.99. The molecule has 4 bridgehead atoms. The van der Waals surface area contributed by atoms with Gasteiger partial charge in [0.05, 0.1) is 0 Å². The molecule has 2 nitrogen and oxygen atoms in total. The van der Waals surface area contributed by atoms with E-state index in [0.717, 1.165) is 37.5 Å². The summed E-state index contributed by atoms with van der Waals surface area (Å²) in [5.41, 5.74) is 1.20. The van der Waals surface area contributed by atoms with Gasteiger partial charge in [0.1, 0.15) is 0 Å². The van der Waals surface area contributed by atoms with Crippen LogP contribution < -0.4 is 0 Å². The van der Waals surface area contributed by atoms with Crippen molar-refractivity contribution in [3.63, 3.8) is 0 Å². The van der Waals surface area contributed by atoms with E-state index in [1.165, 1.54) is 16.9 Å². The van der Waals surface area contributed by atoms with Gasteiger partial charge in [-0.1, -0.05) is 0 Å². The molecule has 66 valence electrons. The van der Waals surface area contributed by atoms with E-state index < -0.39 is 0 Å². The summed E-state index contributed by atoms with van der Waals surface area (Å²) in [7, 11) is 0. The zero-order valence-corrected chi connectivity index (χ0v) is 7.55. The van der Waals surface area contributed by atoms with E-state index in [9.17, 15) is 5.21 Å². The van der Waals surface area contributed by atoms with Gasteiger partial charge in [-0.2, -0.15) is 0 Å². The molecule has 2 unspecified atom stereocenters. The van der Waals surface area contributed by atoms with Crippen LogP contribution in [0.25, 0.3) is 0 Å². The van der Waals surface area contributed by atoms with Gasteiger partial charge in [-0.25, -0.2) is 4.74 Å². The molecule has 4 aliphatic rings. The molecule has 2 aliphatic carbocycles. The Morgan fingerprint density at radius 2 is 1.92 bits per heavy atom. The summed E-state index contributed by atoms with van der Waals surface area (Å²) in [5, 5.41) is 11.8. The predicted octanol–water partition coefficient (Wildman–Crippen LogP) is 1.92. The molecule has 2 heterocycles. The average Bonchev–Trinajstić information content (AvgIpc) is 1.98. The lowest BCUT2D eigenvalue weighted by Crippen LogP contribution is -2.55. The molecule has 4 rings (SSSR count). The van der Waals surface area contributed by atoms with Gasteiger partial charge in [0, 0.05) is 32.6 Å². The van der Waals surface area contributed by atoms with Crippen molar-refractivity contribution < 1.29 is 4.74 Å². The maximum Gasteiger partial charge on any atom is 0.170 e. The number of nitrogens with zero attached hydrogens (tertiary/aromatic N) is 1. The summed E-state index contributed by atoms with van der Waals surface area (Å²) in [6.45, 7) is 2.15. The molecule has 2 atom stereocenters. The second-order valence-electron chi connectivity index (χ2n) is 5.14. The van der Waals surface area contributed by atoms with E-state index in [0.29, 0.717) is 0 Å². The third-order valence-corrected chi connectivity index (χ3v) is 3.95. The van der Waals surface area contributed by atoms with Crippen molar-refractivity contribution in [2.45, 2.75) is 44.6 Å². The van der Waals surface area contributed by atoms with Gasteiger partial charge in [0.25, 0.3) is 0 Å². The van der Waals surface area contributed by atoms with Crippen LogP contribution in [0.5, 0.6) is 0 Å². The maximum atomic E-state index is 11.8. The van der Waals surface area contributed by atoms with Gasteiger partial charge in [-0.05, 0) is 18.3 Å². The molecule has 0 aromatic carbocycles. The van der Waals surface area contributed by atoms with Gasteiger partial charge >= 0.3 is 0 Å². The lowest BCUT2D eigenvalue weighted by molar-refractivity contribution is -0.569. The highest BCUT2D eigenvalue weighted by atomic mass is 16.5. The molecule has 2 fully saturated rings. The Kier molecular flexibility index (Phi) is 1.07. The van der Waals surface area contributed by atoms with Gasteiger partial charge in [-0.15, -0.1) is 0 Å². The molecular formula is C10H15NO. The third kappa shape index (κ3) is 0.686. The summed E-state index contributed by atoms with van der Waals surface area (Å²) in [5.74, 6) is 1.70. The van der Waals surface area contributed by atoms with E-state index in [-0.39, 0.29) is 5.54 Å². The fourth-order valence-corrected chi connectivity index (χ4v) is 3.74. The molecule has 0 spiro atoms. The van der Waals surface area contributed by atoms with Crippen LogP contribution in [-0.2, 0) is 0 Å². The topological polar surface area (TPSA) is 26.1 Å². The Balaban J connectivity index is 2.13. The van der Waals surface area contributed by atoms with Crippen molar-refractivity contribution in [2.75, 3.05) is 0 Å². The number of hydroxylamine groups is 1. The van der Waals surface area contributed by atoms with Crippen LogP contribution in [0.4, 0.5) is 0 Å². The Morgan fingerprint density at radius 1 is 1.33 bits per heavy atom. The highest BCUT2D eigenvalue weighted by Gasteiger charge is 2.52. The van der Waals surface area contributed by atoms with Gasteiger partial charge < -0.3 is 5.21 Å². The van der Waals surface area contributed by atoms with E-state index in [1.807, 2.05) is 0 Å². The molecule has 0 N–H and O–H groups in total. The van der Waals surface area contributed by atoms with E-state index >= 15 is 0 Å². The Hall–Kier alpha value is -0.530. The zero-order valence-electron chi connectivity index (χ0n) is 7.55. The molecule has 0 amide bonds. The van der Waals surface area contributed by atoms with Gasteiger partial charge in [0.15, 0.2) is 11.3 Å². The summed E-state index contributed by atoms with van der Waals surface area (Å²) in [6.07, 6.45) is 5.91. The second kappa shape index (κ2) is 1.86. The number of hydrogen-bond acceptors (Lipinski definition) is 1. The van der Waals surface area contributed by atoms with Crippen molar-refractivity contribution in [2.24, 2.45) is 11.8 Å². The smallest absolute Gasteiger partial charge is 0.170 e. The first kappa shape index (κ1) is 6.93. The fourth-order valence-electron chi connectivity index (χ4n) is 3.74. The molecule has 2 saturated carbocycles. The molecule has 0 aromatic rings. The first-order chi connectivity index (χ1) is 5.67. The van der Waals surface area contributed by atoms with E-state index in [4.69, 9.17) is 0 Å². The molecule has 2 aliphatic heterocycles. The SMILES string of the molecule is CC12CC3CC(=[N+]1[O-])CC(C3)C2. The lowest BCUT2D eigenvalue weighted by atomic mass is 9.62. The highest BCUT2D eigenvalue weighted by molar-refractivity contribution is 5.82. The van der Waals surface area contributed by atoms with Crippen LogP contribution in [0.15, 0.2) is 0 Å². The average molecular weight is 165 g/mol. The first-order valence-corrected chi connectivity index (χ1v) is 4.99. The largest absolute Gasteiger partial charge is 0.623 e. The fraction of sp³-hybridized carbons (Fsp3) is 0.900. The summed E-state index contributed by atoms with van der Waals surface area (Å²) < 4.78 is 1.35. The Bertz CT molecular complexity index is 253. The van der Waals surface area contributed by atoms with E-state index in [1.54, 1.807) is 0 Å². The van der Waals surface area contributed by atoms with Crippen molar-refractivity contribution >= 4 is 5.71 Å². The number of rotatable bonds is 0. The van der Waals surface area contributed by atoms with Crippen LogP contribution in [0.1, 0.15) is 39.0 Å². The van der Waals surface area contributed by atoms with Crippen LogP contribution >= 0.6 is 0 Å². The Labute approximate surface area is 72.9 Å². The quantitative estimate of drug-likeness (QED) is 0.398. The van der Waals surface area contributed by atoms with E-state index in [2.05, 4.69) is 6.92 Å². The number of hydrogen-bond donors (Lipinski definition) is 0. The van der Waals surface area contributed by atoms with Gasteiger partial charge in [0.2, 0.25) is 0 Å². The van der Waals surface area contributed by atoms with Crippen molar-refractivity contribution in [1.29, 1.82) is 0 Å². The molecule has 0 saturated heterocycles. The molecule has 2 heteroatoms. The Morgan fingerprint density at radius 3 is 2.42 bits per heavy atom. The minimum atomic E-state index is -0.000579. The summed E-state index contributed by atoms with van der Waals surface area (Å²) >= 11 is 0. The standard InChI is InChI=1S/C10H15NO/c1-10-5-7-2-8(6-10)4-9(3-7)11(10)12/h7-8H,2-6H2,1H3. The minimum Gasteiger partial charge on any atom is -0.623 e. The molecule has 0 radical (unpaired) electrons.